The molecule has 0 aliphatic rings. The predicted octanol–water partition coefficient (Wildman–Crippen LogP) is 2.36. The molecule has 2 amide bonds. The lowest BCUT2D eigenvalue weighted by molar-refractivity contribution is -0.129. The fourth-order valence-electron chi connectivity index (χ4n) is 2.14. The van der Waals surface area contributed by atoms with Gasteiger partial charge in [0.2, 0.25) is 11.8 Å². The zero-order chi connectivity index (χ0) is 16.8. The van der Waals surface area contributed by atoms with Gasteiger partial charge in [0.05, 0.1) is 0 Å². The maximum absolute atomic E-state index is 12.2. The molecule has 0 heterocycles. The highest BCUT2D eigenvalue weighted by Crippen LogP contribution is 2.03. The van der Waals surface area contributed by atoms with Crippen molar-refractivity contribution in [3.8, 4) is 0 Å². The van der Waals surface area contributed by atoms with Gasteiger partial charge in [0.25, 0.3) is 0 Å². The van der Waals surface area contributed by atoms with E-state index in [0.717, 1.165) is 38.6 Å². The van der Waals surface area contributed by atoms with Gasteiger partial charge in [-0.1, -0.05) is 34.1 Å². The fourth-order valence-corrected chi connectivity index (χ4v) is 2.14. The Hall–Kier alpha value is -1.10. The van der Waals surface area contributed by atoms with E-state index in [9.17, 15) is 9.59 Å². The summed E-state index contributed by atoms with van der Waals surface area (Å²) < 4.78 is 0. The minimum atomic E-state index is -0.394. The van der Waals surface area contributed by atoms with Crippen molar-refractivity contribution in [2.75, 3.05) is 13.1 Å². The Morgan fingerprint density at radius 2 is 1.68 bits per heavy atom. The molecule has 22 heavy (non-hydrogen) atoms. The van der Waals surface area contributed by atoms with Crippen LogP contribution >= 0.6 is 0 Å². The molecular formula is C17H35N3O2. The third kappa shape index (κ3) is 11.5. The highest BCUT2D eigenvalue weighted by molar-refractivity contribution is 5.87. The first-order chi connectivity index (χ1) is 10.5. The maximum atomic E-state index is 12.2. The van der Waals surface area contributed by atoms with Crippen LogP contribution in [0.3, 0.4) is 0 Å². The van der Waals surface area contributed by atoms with Crippen LogP contribution in [0.15, 0.2) is 0 Å². The molecule has 0 aliphatic carbocycles. The lowest BCUT2D eigenvalue weighted by Crippen LogP contribution is -2.47. The van der Waals surface area contributed by atoms with E-state index in [2.05, 4.69) is 36.7 Å². The molecule has 0 aromatic heterocycles. The van der Waals surface area contributed by atoms with Crippen molar-refractivity contribution in [1.82, 2.24) is 16.0 Å². The third-order valence-corrected chi connectivity index (χ3v) is 3.43. The van der Waals surface area contributed by atoms with Gasteiger partial charge in [-0.05, 0) is 38.6 Å². The number of hydrogen-bond acceptors (Lipinski definition) is 3. The van der Waals surface area contributed by atoms with E-state index in [-0.39, 0.29) is 11.8 Å². The monoisotopic (exact) mass is 313 g/mol. The van der Waals surface area contributed by atoms with Crippen LogP contribution in [0.25, 0.3) is 0 Å². The number of amides is 2. The molecule has 3 N–H and O–H groups in total. The molecule has 0 aromatic rings. The predicted molar refractivity (Wildman–Crippen MR) is 91.7 cm³/mol. The molecule has 0 rings (SSSR count). The zero-order valence-corrected chi connectivity index (χ0v) is 14.8. The topological polar surface area (TPSA) is 70.2 Å². The number of unbranched alkanes of at least 4 members (excludes halogenated alkanes) is 2. The van der Waals surface area contributed by atoms with Gasteiger partial charge in [0, 0.05) is 19.0 Å². The van der Waals surface area contributed by atoms with Crippen LogP contribution in [0, 0.1) is 0 Å². The Morgan fingerprint density at radius 3 is 2.27 bits per heavy atom. The summed E-state index contributed by atoms with van der Waals surface area (Å²) in [6.07, 6.45) is 5.95. The van der Waals surface area contributed by atoms with Crippen LogP contribution in [-0.2, 0) is 9.59 Å². The average molecular weight is 313 g/mol. The maximum Gasteiger partial charge on any atom is 0.242 e. The molecule has 0 unspecified atom stereocenters. The fraction of sp³-hybridized carbons (Fsp3) is 0.882. The largest absolute Gasteiger partial charge is 0.354 e. The Balaban J connectivity index is 4.20. The van der Waals surface area contributed by atoms with Gasteiger partial charge in [-0.3, -0.25) is 9.59 Å². The van der Waals surface area contributed by atoms with E-state index in [1.165, 1.54) is 0 Å². The van der Waals surface area contributed by atoms with Crippen molar-refractivity contribution in [3.63, 3.8) is 0 Å². The van der Waals surface area contributed by atoms with E-state index in [1.54, 1.807) is 0 Å². The summed E-state index contributed by atoms with van der Waals surface area (Å²) in [5.74, 6) is -0.0758. The number of hydrogen-bond donors (Lipinski definition) is 3. The van der Waals surface area contributed by atoms with Crippen molar-refractivity contribution < 1.29 is 9.59 Å². The molecule has 0 radical (unpaired) electrons. The average Bonchev–Trinajstić information content (AvgIpc) is 2.45. The molecule has 0 fully saturated rings. The number of rotatable bonds is 13. The summed E-state index contributed by atoms with van der Waals surface area (Å²) in [6, 6.07) is 0.0901. The van der Waals surface area contributed by atoms with Gasteiger partial charge in [-0.15, -0.1) is 0 Å². The smallest absolute Gasteiger partial charge is 0.242 e. The number of carbonyl (C=O) groups is 2. The first kappa shape index (κ1) is 20.9. The Labute approximate surface area is 136 Å². The van der Waals surface area contributed by atoms with Crippen LogP contribution in [0.5, 0.6) is 0 Å². The minimum absolute atomic E-state index is 0.0292. The van der Waals surface area contributed by atoms with Gasteiger partial charge in [-0.25, -0.2) is 0 Å². The minimum Gasteiger partial charge on any atom is -0.354 e. The molecule has 5 heteroatoms. The van der Waals surface area contributed by atoms with Gasteiger partial charge >= 0.3 is 0 Å². The zero-order valence-electron chi connectivity index (χ0n) is 14.8. The summed E-state index contributed by atoms with van der Waals surface area (Å²) in [6.45, 7) is 9.93. The Morgan fingerprint density at radius 1 is 0.955 bits per heavy atom. The van der Waals surface area contributed by atoms with Gasteiger partial charge in [-0.2, -0.15) is 0 Å². The Bertz CT molecular complexity index is 306. The lowest BCUT2D eigenvalue weighted by atomic mass is 10.1. The van der Waals surface area contributed by atoms with Crippen molar-refractivity contribution in [1.29, 1.82) is 0 Å². The normalized spacial score (nSPS) is 12.2. The van der Waals surface area contributed by atoms with Crippen LogP contribution in [0.2, 0.25) is 0 Å². The summed E-state index contributed by atoms with van der Waals surface area (Å²) >= 11 is 0. The van der Waals surface area contributed by atoms with E-state index < -0.39 is 6.04 Å². The Kier molecular flexibility index (Phi) is 12.9. The van der Waals surface area contributed by atoms with Crippen LogP contribution in [-0.4, -0.2) is 37.0 Å². The molecule has 0 saturated carbocycles. The second-order valence-electron chi connectivity index (χ2n) is 6.12. The molecular weight excluding hydrogens is 278 g/mol. The third-order valence-electron chi connectivity index (χ3n) is 3.43. The molecule has 5 nitrogen and oxygen atoms in total. The molecule has 0 spiro atoms. The van der Waals surface area contributed by atoms with E-state index in [4.69, 9.17) is 0 Å². The number of carbonyl (C=O) groups excluding carboxylic acids is 2. The summed E-state index contributed by atoms with van der Waals surface area (Å²) in [4.78, 5) is 24.0. The van der Waals surface area contributed by atoms with Crippen LogP contribution in [0.1, 0.15) is 72.6 Å². The van der Waals surface area contributed by atoms with Gasteiger partial charge in [0.15, 0.2) is 0 Å². The van der Waals surface area contributed by atoms with Crippen LogP contribution < -0.4 is 16.0 Å². The highest BCUT2D eigenvalue weighted by Gasteiger charge is 2.19. The van der Waals surface area contributed by atoms with Crippen molar-refractivity contribution in [2.45, 2.75) is 84.7 Å². The quantitative estimate of drug-likeness (QED) is 0.457. The molecule has 0 aliphatic heterocycles. The summed E-state index contributed by atoms with van der Waals surface area (Å²) in [5.41, 5.74) is 0. The molecule has 0 bridgehead atoms. The van der Waals surface area contributed by atoms with Crippen molar-refractivity contribution >= 4 is 11.8 Å². The first-order valence-electron chi connectivity index (χ1n) is 8.81. The van der Waals surface area contributed by atoms with Gasteiger partial charge in [0.1, 0.15) is 6.04 Å². The molecule has 0 saturated heterocycles. The van der Waals surface area contributed by atoms with Crippen molar-refractivity contribution in [2.24, 2.45) is 0 Å². The second kappa shape index (κ2) is 13.6. The first-order valence-corrected chi connectivity index (χ1v) is 8.81. The highest BCUT2D eigenvalue weighted by atomic mass is 16.2. The molecule has 1 atom stereocenters. The van der Waals surface area contributed by atoms with E-state index in [0.29, 0.717) is 25.4 Å². The van der Waals surface area contributed by atoms with Gasteiger partial charge < -0.3 is 16.0 Å². The number of nitrogens with one attached hydrogen (secondary N) is 3. The van der Waals surface area contributed by atoms with E-state index in [1.807, 2.05) is 6.92 Å². The second-order valence-corrected chi connectivity index (χ2v) is 6.12. The van der Waals surface area contributed by atoms with Crippen molar-refractivity contribution in [3.05, 3.63) is 0 Å². The standard InChI is InChI=1S/C17H35N3O2/c1-5-7-12-19-17(22)15(20-16(21)10-6-2)11-8-9-13-18-14(3)4/h14-15,18H,5-13H2,1-4H3,(H,19,22)(H,20,21)/t15-/m0/s1. The molecule has 0 aromatic carbocycles. The molecule has 130 valence electrons. The SMILES string of the molecule is CCCCNC(=O)[C@H](CCCCNC(C)C)NC(=O)CCC. The van der Waals surface area contributed by atoms with Crippen LogP contribution in [0.4, 0.5) is 0 Å². The summed E-state index contributed by atoms with van der Waals surface area (Å²) in [7, 11) is 0. The summed E-state index contributed by atoms with van der Waals surface area (Å²) in [5, 5.41) is 9.16. The lowest BCUT2D eigenvalue weighted by Gasteiger charge is -2.18. The van der Waals surface area contributed by atoms with E-state index >= 15 is 0 Å².